The number of rotatable bonds is 3. The van der Waals surface area contributed by atoms with Crippen molar-refractivity contribution in [2.75, 3.05) is 5.32 Å². The smallest absolute Gasteiger partial charge is 0.334 e. The maximum atomic E-state index is 13.1. The highest BCUT2D eigenvalue weighted by molar-refractivity contribution is 14.1. The molecule has 0 spiro atoms. The van der Waals surface area contributed by atoms with Gasteiger partial charge >= 0.3 is 10.2 Å². The Kier molecular flexibility index (Phi) is 4.47. The second-order valence-electron chi connectivity index (χ2n) is 4.05. The van der Waals surface area contributed by atoms with E-state index >= 15 is 0 Å². The van der Waals surface area contributed by atoms with E-state index in [0.29, 0.717) is 3.57 Å². The number of halogens is 2. The summed E-state index contributed by atoms with van der Waals surface area (Å²) in [5, 5.41) is 11.9. The summed E-state index contributed by atoms with van der Waals surface area (Å²) in [7, 11) is -4.96. The Bertz CT molecular complexity index is 808. The number of anilines is 1. The van der Waals surface area contributed by atoms with Crippen LogP contribution >= 0.6 is 22.6 Å². The van der Waals surface area contributed by atoms with Gasteiger partial charge in [0.2, 0.25) is 0 Å². The van der Waals surface area contributed by atoms with Crippen LogP contribution in [-0.4, -0.2) is 19.4 Å². The summed E-state index contributed by atoms with van der Waals surface area (Å²) >= 11 is 1.96. The Balaban J connectivity index is 2.39. The minimum Gasteiger partial charge on any atom is -0.507 e. The highest BCUT2D eigenvalue weighted by Crippen LogP contribution is 2.25. The zero-order valence-corrected chi connectivity index (χ0v) is 13.4. The third-order valence-electron chi connectivity index (χ3n) is 2.60. The fourth-order valence-electron chi connectivity index (χ4n) is 1.66. The molecule has 0 atom stereocenters. The number of phenols is 1. The molecule has 0 fully saturated rings. The van der Waals surface area contributed by atoms with Crippen LogP contribution in [-0.2, 0) is 10.2 Å². The standard InChI is InChI=1S/C13H9FINO4S/c14-21(19,20)12-4-2-1-3-10(12)16-13(18)9-7-8(15)5-6-11(9)17/h1-7,17H,(H,16,18). The van der Waals surface area contributed by atoms with Crippen LogP contribution in [0.4, 0.5) is 9.57 Å². The third kappa shape index (κ3) is 3.70. The Hall–Kier alpha value is -1.68. The number of benzene rings is 2. The van der Waals surface area contributed by atoms with E-state index in [0.717, 1.165) is 6.07 Å². The molecule has 2 rings (SSSR count). The zero-order valence-electron chi connectivity index (χ0n) is 10.4. The van der Waals surface area contributed by atoms with Crippen molar-refractivity contribution in [2.45, 2.75) is 4.90 Å². The highest BCUT2D eigenvalue weighted by Gasteiger charge is 2.19. The van der Waals surface area contributed by atoms with Gasteiger partial charge in [0, 0.05) is 3.57 Å². The molecule has 0 aliphatic carbocycles. The molecule has 0 radical (unpaired) electrons. The summed E-state index contributed by atoms with van der Waals surface area (Å²) in [4.78, 5) is 11.4. The number of para-hydroxylation sites is 1. The van der Waals surface area contributed by atoms with Gasteiger partial charge in [0.1, 0.15) is 10.6 Å². The quantitative estimate of drug-likeness (QED) is 0.590. The number of nitrogens with one attached hydrogen (secondary N) is 1. The first-order chi connectivity index (χ1) is 9.79. The van der Waals surface area contributed by atoms with Crippen LogP contribution in [0.1, 0.15) is 10.4 Å². The van der Waals surface area contributed by atoms with Crippen molar-refractivity contribution in [3.8, 4) is 5.75 Å². The minimum absolute atomic E-state index is 0.0343. The Morgan fingerprint density at radius 1 is 1.19 bits per heavy atom. The lowest BCUT2D eigenvalue weighted by Gasteiger charge is -2.09. The molecule has 1 amide bonds. The van der Waals surface area contributed by atoms with Crippen molar-refractivity contribution in [2.24, 2.45) is 0 Å². The average Bonchev–Trinajstić information content (AvgIpc) is 2.41. The van der Waals surface area contributed by atoms with Gasteiger partial charge in [-0.25, -0.2) is 0 Å². The first-order valence-corrected chi connectivity index (χ1v) is 8.09. The van der Waals surface area contributed by atoms with E-state index in [-0.39, 0.29) is 17.0 Å². The summed E-state index contributed by atoms with van der Waals surface area (Å²) in [6.07, 6.45) is 0. The van der Waals surface area contributed by atoms with Gasteiger partial charge in [-0.15, -0.1) is 3.89 Å². The first kappa shape index (κ1) is 15.7. The molecule has 0 aliphatic rings. The van der Waals surface area contributed by atoms with Crippen molar-refractivity contribution < 1.29 is 22.2 Å². The molecular formula is C13H9FINO4S. The molecule has 2 aromatic carbocycles. The molecule has 0 unspecified atom stereocenters. The summed E-state index contributed by atoms with van der Waals surface area (Å²) in [6, 6.07) is 9.47. The van der Waals surface area contributed by atoms with Gasteiger partial charge in [0.15, 0.2) is 0 Å². The molecule has 0 saturated heterocycles. The lowest BCUT2D eigenvalue weighted by atomic mass is 10.2. The number of phenolic OH excluding ortho intramolecular Hbond substituents is 1. The van der Waals surface area contributed by atoms with E-state index in [9.17, 15) is 22.2 Å². The summed E-state index contributed by atoms with van der Waals surface area (Å²) < 4.78 is 35.9. The summed E-state index contributed by atoms with van der Waals surface area (Å²) in [5.41, 5.74) is -0.226. The maximum absolute atomic E-state index is 13.1. The van der Waals surface area contributed by atoms with Gasteiger partial charge in [0.25, 0.3) is 5.91 Å². The molecule has 0 aliphatic heterocycles. The summed E-state index contributed by atoms with van der Waals surface area (Å²) in [5.74, 6) is -0.990. The minimum atomic E-state index is -4.96. The van der Waals surface area contributed by atoms with Gasteiger partial charge < -0.3 is 10.4 Å². The van der Waals surface area contributed by atoms with Crippen molar-refractivity contribution in [1.29, 1.82) is 0 Å². The lowest BCUT2D eigenvalue weighted by Crippen LogP contribution is -2.14. The van der Waals surface area contributed by atoms with Crippen LogP contribution in [0, 0.1) is 3.57 Å². The second kappa shape index (κ2) is 5.98. The number of carbonyl (C=O) groups excluding carboxylic acids is 1. The fraction of sp³-hybridized carbons (Fsp3) is 0. The van der Waals surface area contributed by atoms with Crippen molar-refractivity contribution in [1.82, 2.24) is 0 Å². The number of amides is 1. The van der Waals surface area contributed by atoms with Gasteiger partial charge in [-0.05, 0) is 52.9 Å². The number of hydrogen-bond donors (Lipinski definition) is 2. The van der Waals surface area contributed by atoms with E-state index in [1.54, 1.807) is 6.07 Å². The van der Waals surface area contributed by atoms with E-state index in [1.165, 1.54) is 30.3 Å². The van der Waals surface area contributed by atoms with Crippen LogP contribution in [0.2, 0.25) is 0 Å². The molecule has 5 nitrogen and oxygen atoms in total. The van der Waals surface area contributed by atoms with Gasteiger partial charge in [-0.3, -0.25) is 4.79 Å². The fourth-order valence-corrected chi connectivity index (χ4v) is 2.78. The van der Waals surface area contributed by atoms with Crippen LogP contribution in [0.5, 0.6) is 5.75 Å². The van der Waals surface area contributed by atoms with E-state index in [2.05, 4.69) is 5.32 Å². The molecule has 2 N–H and O–H groups in total. The molecule has 2 aromatic rings. The monoisotopic (exact) mass is 421 g/mol. The van der Waals surface area contributed by atoms with Crippen molar-refractivity contribution in [3.63, 3.8) is 0 Å². The molecule has 110 valence electrons. The molecule has 0 aromatic heterocycles. The van der Waals surface area contributed by atoms with E-state index < -0.39 is 21.0 Å². The SMILES string of the molecule is O=C(Nc1ccccc1S(=O)(=O)F)c1cc(I)ccc1O. The van der Waals surface area contributed by atoms with Gasteiger partial charge in [-0.1, -0.05) is 12.1 Å². The van der Waals surface area contributed by atoms with Crippen LogP contribution in [0.15, 0.2) is 47.4 Å². The first-order valence-electron chi connectivity index (χ1n) is 5.62. The molecule has 8 heteroatoms. The second-order valence-corrected chi connectivity index (χ2v) is 6.61. The summed E-state index contributed by atoms with van der Waals surface area (Å²) in [6.45, 7) is 0. The van der Waals surface area contributed by atoms with Crippen molar-refractivity contribution in [3.05, 3.63) is 51.6 Å². The maximum Gasteiger partial charge on any atom is 0.334 e. The number of carbonyl (C=O) groups is 1. The molecule has 0 bridgehead atoms. The topological polar surface area (TPSA) is 83.5 Å². The average molecular weight is 421 g/mol. The number of hydrogen-bond acceptors (Lipinski definition) is 4. The predicted molar refractivity (Wildman–Crippen MR) is 83.5 cm³/mol. The molecular weight excluding hydrogens is 412 g/mol. The Morgan fingerprint density at radius 3 is 2.52 bits per heavy atom. The lowest BCUT2D eigenvalue weighted by molar-refractivity contribution is 0.102. The largest absolute Gasteiger partial charge is 0.507 e. The van der Waals surface area contributed by atoms with Crippen LogP contribution in [0.25, 0.3) is 0 Å². The van der Waals surface area contributed by atoms with Gasteiger partial charge in [-0.2, -0.15) is 8.42 Å². The van der Waals surface area contributed by atoms with E-state index in [4.69, 9.17) is 0 Å². The van der Waals surface area contributed by atoms with E-state index in [1.807, 2.05) is 22.6 Å². The van der Waals surface area contributed by atoms with Crippen LogP contribution in [0.3, 0.4) is 0 Å². The third-order valence-corrected chi connectivity index (χ3v) is 4.15. The predicted octanol–water partition coefficient (Wildman–Crippen LogP) is 2.91. The Morgan fingerprint density at radius 2 is 1.86 bits per heavy atom. The van der Waals surface area contributed by atoms with Crippen LogP contribution < -0.4 is 5.32 Å². The number of aromatic hydroxyl groups is 1. The van der Waals surface area contributed by atoms with Crippen molar-refractivity contribution >= 4 is 44.4 Å². The molecule has 21 heavy (non-hydrogen) atoms. The normalized spacial score (nSPS) is 11.1. The van der Waals surface area contributed by atoms with Gasteiger partial charge in [0.05, 0.1) is 11.3 Å². The Labute approximate surface area is 134 Å². The highest BCUT2D eigenvalue weighted by atomic mass is 127. The molecule has 0 heterocycles. The zero-order chi connectivity index (χ0) is 15.6. The molecule has 0 saturated carbocycles.